The molecule has 5 rings (SSSR count). The van der Waals surface area contributed by atoms with E-state index < -0.39 is 0 Å². The maximum atomic E-state index is 12.9. The largest absolute Gasteiger partial charge is 0.372 e. The molecule has 5 nitrogen and oxygen atoms in total. The van der Waals surface area contributed by atoms with Crippen LogP contribution in [0.25, 0.3) is 5.69 Å². The first-order valence-corrected chi connectivity index (χ1v) is 10.6. The van der Waals surface area contributed by atoms with E-state index in [-0.39, 0.29) is 5.91 Å². The van der Waals surface area contributed by atoms with Gasteiger partial charge < -0.3 is 10.2 Å². The van der Waals surface area contributed by atoms with Crippen LogP contribution in [0.2, 0.25) is 0 Å². The van der Waals surface area contributed by atoms with Crippen molar-refractivity contribution in [1.82, 2.24) is 15.1 Å². The summed E-state index contributed by atoms with van der Waals surface area (Å²) in [4.78, 5) is 15.3. The van der Waals surface area contributed by atoms with Crippen LogP contribution in [0, 0.1) is 0 Å². The van der Waals surface area contributed by atoms with Crippen molar-refractivity contribution in [3.05, 3.63) is 77.1 Å². The van der Waals surface area contributed by atoms with Gasteiger partial charge in [0.25, 0.3) is 5.91 Å². The monoisotopic (exact) mass is 386 g/mol. The Balaban J connectivity index is 1.30. The standard InChI is InChI=1S/C24H26N4O/c29-24(25-17-18-11-13-19(14-12-18)27-15-4-5-16-27)23-21-9-6-10-22(21)28(26-23)20-7-2-1-3-8-20/h1-3,7-8,11-14H,4-6,9-10,15-17H2,(H,25,29). The summed E-state index contributed by atoms with van der Waals surface area (Å²) in [6.45, 7) is 2.81. The fourth-order valence-corrected chi connectivity index (χ4v) is 4.47. The van der Waals surface area contributed by atoms with Gasteiger partial charge in [0.05, 0.1) is 5.69 Å². The molecule has 148 valence electrons. The molecule has 2 aliphatic rings. The molecule has 3 aromatic rings. The Labute approximate surface area is 171 Å². The number of hydrogen-bond donors (Lipinski definition) is 1. The Morgan fingerprint density at radius 3 is 2.41 bits per heavy atom. The number of carbonyl (C=O) groups is 1. The highest BCUT2D eigenvalue weighted by Crippen LogP contribution is 2.28. The molecule has 1 fully saturated rings. The molecule has 0 radical (unpaired) electrons. The first kappa shape index (κ1) is 18.0. The Morgan fingerprint density at radius 1 is 0.897 bits per heavy atom. The van der Waals surface area contributed by atoms with Crippen LogP contribution in [0.5, 0.6) is 0 Å². The van der Waals surface area contributed by atoms with E-state index >= 15 is 0 Å². The van der Waals surface area contributed by atoms with E-state index in [0.717, 1.165) is 49.2 Å². The SMILES string of the molecule is O=C(NCc1ccc(N2CCCC2)cc1)c1nn(-c2ccccc2)c2c1CCC2. The summed E-state index contributed by atoms with van der Waals surface area (Å²) >= 11 is 0. The van der Waals surface area contributed by atoms with Crippen LogP contribution in [0.1, 0.15) is 46.6 Å². The van der Waals surface area contributed by atoms with Gasteiger partial charge in [-0.2, -0.15) is 5.10 Å². The first-order chi connectivity index (χ1) is 14.3. The van der Waals surface area contributed by atoms with Gasteiger partial charge >= 0.3 is 0 Å². The zero-order valence-corrected chi connectivity index (χ0v) is 16.6. The summed E-state index contributed by atoms with van der Waals surface area (Å²) < 4.78 is 1.95. The second kappa shape index (κ2) is 7.74. The molecule has 5 heteroatoms. The molecule has 1 aliphatic carbocycles. The van der Waals surface area contributed by atoms with Gasteiger partial charge in [-0.15, -0.1) is 0 Å². The minimum atomic E-state index is -0.0820. The van der Waals surface area contributed by atoms with Crippen LogP contribution in [-0.2, 0) is 19.4 Å². The lowest BCUT2D eigenvalue weighted by atomic mass is 10.1. The Hall–Kier alpha value is -3.08. The van der Waals surface area contributed by atoms with Crippen molar-refractivity contribution < 1.29 is 4.79 Å². The van der Waals surface area contributed by atoms with Crippen molar-refractivity contribution in [2.75, 3.05) is 18.0 Å². The van der Waals surface area contributed by atoms with Crippen molar-refractivity contribution >= 4 is 11.6 Å². The fraction of sp³-hybridized carbons (Fsp3) is 0.333. The second-order valence-corrected chi connectivity index (χ2v) is 7.92. The van der Waals surface area contributed by atoms with Crippen molar-refractivity contribution in [1.29, 1.82) is 0 Å². The summed E-state index contributed by atoms with van der Waals surface area (Å²) in [7, 11) is 0. The number of para-hydroxylation sites is 1. The Bertz CT molecular complexity index is 1000. The van der Waals surface area contributed by atoms with E-state index in [9.17, 15) is 4.79 Å². The average Bonchev–Trinajstić information content (AvgIpc) is 3.51. The highest BCUT2D eigenvalue weighted by Gasteiger charge is 2.26. The number of fused-ring (bicyclic) bond motifs is 1. The number of nitrogens with zero attached hydrogens (tertiary/aromatic N) is 3. The predicted octanol–water partition coefficient (Wildman–Crippen LogP) is 3.89. The van der Waals surface area contributed by atoms with E-state index in [1.165, 1.54) is 24.2 Å². The summed E-state index contributed by atoms with van der Waals surface area (Å²) in [5.74, 6) is -0.0820. The summed E-state index contributed by atoms with van der Waals surface area (Å²) in [6, 6.07) is 18.6. The smallest absolute Gasteiger partial charge is 0.272 e. The zero-order chi connectivity index (χ0) is 19.6. The van der Waals surface area contributed by atoms with E-state index in [1.54, 1.807) is 0 Å². The van der Waals surface area contributed by atoms with E-state index in [0.29, 0.717) is 12.2 Å². The Morgan fingerprint density at radius 2 is 1.66 bits per heavy atom. The maximum absolute atomic E-state index is 12.9. The van der Waals surface area contributed by atoms with Crippen LogP contribution >= 0.6 is 0 Å². The average molecular weight is 386 g/mol. The summed E-state index contributed by atoms with van der Waals surface area (Å²) in [5.41, 5.74) is 6.27. The van der Waals surface area contributed by atoms with Gasteiger partial charge in [-0.3, -0.25) is 4.79 Å². The molecule has 0 atom stereocenters. The molecule has 1 aromatic heterocycles. The molecule has 29 heavy (non-hydrogen) atoms. The van der Waals surface area contributed by atoms with Gasteiger partial charge in [0.15, 0.2) is 5.69 Å². The lowest BCUT2D eigenvalue weighted by Gasteiger charge is -2.17. The molecule has 0 bridgehead atoms. The predicted molar refractivity (Wildman–Crippen MR) is 115 cm³/mol. The fourth-order valence-electron chi connectivity index (χ4n) is 4.47. The molecule has 0 spiro atoms. The summed E-state index contributed by atoms with van der Waals surface area (Å²) in [5, 5.41) is 7.75. The number of amides is 1. The van der Waals surface area contributed by atoms with Crippen LogP contribution in [0.4, 0.5) is 5.69 Å². The first-order valence-electron chi connectivity index (χ1n) is 10.6. The maximum Gasteiger partial charge on any atom is 0.272 e. The molecule has 1 saturated heterocycles. The van der Waals surface area contributed by atoms with Crippen LogP contribution in [0.15, 0.2) is 54.6 Å². The Kier molecular flexibility index (Phi) is 4.80. The second-order valence-electron chi connectivity index (χ2n) is 7.92. The third kappa shape index (κ3) is 3.53. The van der Waals surface area contributed by atoms with Gasteiger partial charge in [0.2, 0.25) is 0 Å². The normalized spacial score (nSPS) is 15.5. The van der Waals surface area contributed by atoms with E-state index in [1.807, 2.05) is 35.0 Å². The van der Waals surface area contributed by atoms with Crippen molar-refractivity contribution in [2.45, 2.75) is 38.6 Å². The van der Waals surface area contributed by atoms with Gasteiger partial charge in [-0.1, -0.05) is 30.3 Å². The third-order valence-corrected chi connectivity index (χ3v) is 6.01. The van der Waals surface area contributed by atoms with E-state index in [4.69, 9.17) is 0 Å². The molecule has 2 heterocycles. The number of benzene rings is 2. The molecular formula is C24H26N4O. The highest BCUT2D eigenvalue weighted by molar-refractivity contribution is 5.94. The lowest BCUT2D eigenvalue weighted by molar-refractivity contribution is 0.0944. The zero-order valence-electron chi connectivity index (χ0n) is 16.6. The number of aromatic nitrogens is 2. The van der Waals surface area contributed by atoms with Crippen molar-refractivity contribution in [3.63, 3.8) is 0 Å². The van der Waals surface area contributed by atoms with E-state index in [2.05, 4.69) is 39.6 Å². The van der Waals surface area contributed by atoms with Crippen LogP contribution in [-0.4, -0.2) is 28.8 Å². The van der Waals surface area contributed by atoms with Crippen LogP contribution < -0.4 is 10.2 Å². The number of rotatable bonds is 5. The third-order valence-electron chi connectivity index (χ3n) is 6.01. The topological polar surface area (TPSA) is 50.2 Å². The summed E-state index contributed by atoms with van der Waals surface area (Å²) in [6.07, 6.45) is 5.53. The van der Waals surface area contributed by atoms with Gasteiger partial charge in [0.1, 0.15) is 0 Å². The molecule has 1 N–H and O–H groups in total. The van der Waals surface area contributed by atoms with Crippen molar-refractivity contribution in [2.24, 2.45) is 0 Å². The van der Waals surface area contributed by atoms with Crippen molar-refractivity contribution in [3.8, 4) is 5.69 Å². The molecular weight excluding hydrogens is 360 g/mol. The van der Waals surface area contributed by atoms with Gasteiger partial charge in [-0.25, -0.2) is 4.68 Å². The number of hydrogen-bond acceptors (Lipinski definition) is 3. The molecule has 1 aliphatic heterocycles. The molecule has 0 saturated carbocycles. The lowest BCUT2D eigenvalue weighted by Crippen LogP contribution is -2.24. The quantitative estimate of drug-likeness (QED) is 0.724. The van der Waals surface area contributed by atoms with Gasteiger partial charge in [0, 0.05) is 36.6 Å². The van der Waals surface area contributed by atoms with Crippen LogP contribution in [0.3, 0.4) is 0 Å². The van der Waals surface area contributed by atoms with Gasteiger partial charge in [-0.05, 0) is 61.9 Å². The molecule has 2 aromatic carbocycles. The molecule has 1 amide bonds. The number of nitrogens with one attached hydrogen (secondary N) is 1. The minimum Gasteiger partial charge on any atom is -0.372 e. The minimum absolute atomic E-state index is 0.0820. The number of carbonyl (C=O) groups excluding carboxylic acids is 1. The highest BCUT2D eigenvalue weighted by atomic mass is 16.1. The molecule has 0 unspecified atom stereocenters. The number of anilines is 1.